The van der Waals surface area contributed by atoms with Gasteiger partial charge in [0.2, 0.25) is 0 Å². The number of carbonyl (C=O) groups excluding carboxylic acids is 1. The number of carbonyl (C=O) groups is 1. The Kier molecular flexibility index (Phi) is 5.85. The minimum atomic E-state index is -0.407. The van der Waals surface area contributed by atoms with Gasteiger partial charge >= 0.3 is 0 Å². The van der Waals surface area contributed by atoms with Crippen molar-refractivity contribution < 1.29 is 13.9 Å². The average Bonchev–Trinajstić information content (AvgIpc) is 3.00. The first-order valence-electron chi connectivity index (χ1n) is 7.88. The first kappa shape index (κ1) is 18.4. The summed E-state index contributed by atoms with van der Waals surface area (Å²) in [5, 5.41) is 4.23. The van der Waals surface area contributed by atoms with Gasteiger partial charge in [0, 0.05) is 21.5 Å². The van der Waals surface area contributed by atoms with Gasteiger partial charge < -0.3 is 10.1 Å². The maximum absolute atomic E-state index is 13.1. The van der Waals surface area contributed by atoms with Crippen molar-refractivity contribution in [2.45, 2.75) is 13.5 Å². The molecule has 0 aliphatic carbocycles. The van der Waals surface area contributed by atoms with Gasteiger partial charge in [-0.15, -0.1) is 11.3 Å². The highest BCUT2D eigenvalue weighted by Crippen LogP contribution is 2.28. The molecule has 1 aromatic heterocycles. The Bertz CT molecular complexity index is 912. The molecule has 0 aliphatic rings. The van der Waals surface area contributed by atoms with E-state index in [9.17, 15) is 9.18 Å². The first-order valence-corrected chi connectivity index (χ1v) is 9.08. The van der Waals surface area contributed by atoms with Crippen LogP contribution in [0, 0.1) is 12.7 Å². The summed E-state index contributed by atoms with van der Waals surface area (Å²) in [4.78, 5) is 17.6. The van der Waals surface area contributed by atoms with Crippen LogP contribution in [0.15, 0.2) is 48.5 Å². The zero-order valence-electron chi connectivity index (χ0n) is 14.0. The first-order chi connectivity index (χ1) is 12.5. The lowest BCUT2D eigenvalue weighted by atomic mass is 10.1. The monoisotopic (exact) mass is 390 g/mol. The van der Waals surface area contributed by atoms with Crippen LogP contribution in [0.1, 0.15) is 9.88 Å². The third kappa shape index (κ3) is 4.80. The highest BCUT2D eigenvalue weighted by atomic mass is 35.5. The molecule has 2 aromatic carbocycles. The molecule has 1 amide bonds. The minimum Gasteiger partial charge on any atom is -0.484 e. The van der Waals surface area contributed by atoms with Crippen molar-refractivity contribution in [1.29, 1.82) is 0 Å². The number of nitrogens with one attached hydrogen (secondary N) is 1. The summed E-state index contributed by atoms with van der Waals surface area (Å²) in [7, 11) is 0. The van der Waals surface area contributed by atoms with E-state index < -0.39 is 5.82 Å². The second-order valence-corrected chi connectivity index (χ2v) is 7.27. The number of ether oxygens (including phenoxy) is 1. The third-order valence-corrected chi connectivity index (χ3v) is 4.78. The molecular formula is C19H16ClFN2O2S. The molecule has 0 saturated carbocycles. The summed E-state index contributed by atoms with van der Waals surface area (Å²) in [6.45, 7) is 2.11. The van der Waals surface area contributed by atoms with Crippen molar-refractivity contribution in [2.75, 3.05) is 6.61 Å². The summed E-state index contributed by atoms with van der Waals surface area (Å²) in [5.74, 6) is -0.388. The van der Waals surface area contributed by atoms with Crippen LogP contribution in [0.25, 0.3) is 11.3 Å². The predicted octanol–water partition coefficient (Wildman–Crippen LogP) is 4.61. The van der Waals surface area contributed by atoms with Gasteiger partial charge in [0.25, 0.3) is 5.91 Å². The Morgan fingerprint density at radius 3 is 2.77 bits per heavy atom. The number of amides is 1. The maximum atomic E-state index is 13.1. The molecule has 1 N–H and O–H groups in total. The number of benzene rings is 2. The Hall–Kier alpha value is -2.44. The molecule has 0 spiro atoms. The topological polar surface area (TPSA) is 51.2 Å². The fraction of sp³-hybridized carbons (Fsp3) is 0.158. The number of rotatable bonds is 6. The molecule has 134 valence electrons. The van der Waals surface area contributed by atoms with Gasteiger partial charge in [-0.1, -0.05) is 29.8 Å². The van der Waals surface area contributed by atoms with E-state index in [1.807, 2.05) is 31.2 Å². The fourth-order valence-corrected chi connectivity index (χ4v) is 3.35. The molecule has 3 rings (SSSR count). The second-order valence-electron chi connectivity index (χ2n) is 5.54. The average molecular weight is 391 g/mol. The van der Waals surface area contributed by atoms with Crippen LogP contribution in [-0.2, 0) is 11.3 Å². The van der Waals surface area contributed by atoms with Gasteiger partial charge in [-0.25, -0.2) is 9.37 Å². The van der Waals surface area contributed by atoms with Crippen LogP contribution >= 0.6 is 22.9 Å². The van der Waals surface area contributed by atoms with Crippen molar-refractivity contribution in [1.82, 2.24) is 10.3 Å². The Labute approximate surface area is 159 Å². The lowest BCUT2D eigenvalue weighted by Gasteiger charge is -2.06. The molecular weight excluding hydrogens is 375 g/mol. The smallest absolute Gasteiger partial charge is 0.258 e. The fourth-order valence-electron chi connectivity index (χ4n) is 2.33. The van der Waals surface area contributed by atoms with Crippen molar-refractivity contribution in [3.63, 3.8) is 0 Å². The molecule has 7 heteroatoms. The van der Waals surface area contributed by atoms with Crippen LogP contribution in [0.5, 0.6) is 5.75 Å². The highest BCUT2D eigenvalue weighted by molar-refractivity contribution is 7.12. The molecule has 0 fully saturated rings. The molecule has 0 saturated heterocycles. The van der Waals surface area contributed by atoms with Crippen LogP contribution in [0.2, 0.25) is 5.02 Å². The van der Waals surface area contributed by atoms with Crippen molar-refractivity contribution in [3.05, 3.63) is 69.3 Å². The molecule has 0 unspecified atom stereocenters. The van der Waals surface area contributed by atoms with E-state index in [0.717, 1.165) is 21.1 Å². The molecule has 26 heavy (non-hydrogen) atoms. The number of hydrogen-bond donors (Lipinski definition) is 1. The summed E-state index contributed by atoms with van der Waals surface area (Å²) in [6.07, 6.45) is 0. The van der Waals surface area contributed by atoms with Crippen molar-refractivity contribution in [3.8, 4) is 17.0 Å². The molecule has 1 heterocycles. The number of aryl methyl sites for hydroxylation is 1. The van der Waals surface area contributed by atoms with Crippen LogP contribution in [0.4, 0.5) is 4.39 Å². The molecule has 0 radical (unpaired) electrons. The van der Waals surface area contributed by atoms with E-state index in [2.05, 4.69) is 10.3 Å². The molecule has 0 aliphatic heterocycles. The predicted molar refractivity (Wildman–Crippen MR) is 101 cm³/mol. The number of hydrogen-bond acceptors (Lipinski definition) is 4. The lowest BCUT2D eigenvalue weighted by Crippen LogP contribution is -2.28. The SMILES string of the molecule is Cc1sc(CNC(=O)COc2cccc(F)c2)nc1-c1ccc(Cl)cc1. The summed E-state index contributed by atoms with van der Waals surface area (Å²) < 4.78 is 18.3. The number of aromatic nitrogens is 1. The summed E-state index contributed by atoms with van der Waals surface area (Å²) in [6, 6.07) is 13.1. The molecule has 3 aromatic rings. The summed E-state index contributed by atoms with van der Waals surface area (Å²) >= 11 is 7.44. The number of nitrogens with zero attached hydrogens (tertiary/aromatic N) is 1. The largest absolute Gasteiger partial charge is 0.484 e. The van der Waals surface area contributed by atoms with Crippen molar-refractivity contribution in [2.24, 2.45) is 0 Å². The van der Waals surface area contributed by atoms with E-state index in [-0.39, 0.29) is 12.5 Å². The van der Waals surface area contributed by atoms with E-state index in [1.165, 1.54) is 29.5 Å². The zero-order valence-corrected chi connectivity index (χ0v) is 15.5. The van der Waals surface area contributed by atoms with Gasteiger partial charge in [-0.3, -0.25) is 4.79 Å². The minimum absolute atomic E-state index is 0.183. The maximum Gasteiger partial charge on any atom is 0.258 e. The molecule has 4 nitrogen and oxygen atoms in total. The van der Waals surface area contributed by atoms with Gasteiger partial charge in [0.1, 0.15) is 16.6 Å². The standard InChI is InChI=1S/C19H16ClFN2O2S/c1-12-19(13-5-7-14(20)8-6-13)23-18(26-12)10-22-17(24)11-25-16-4-2-3-15(21)9-16/h2-9H,10-11H2,1H3,(H,22,24). The van der Waals surface area contributed by atoms with Gasteiger partial charge in [-0.2, -0.15) is 0 Å². The Morgan fingerprint density at radius 1 is 1.27 bits per heavy atom. The van der Waals surface area contributed by atoms with Crippen LogP contribution < -0.4 is 10.1 Å². The van der Waals surface area contributed by atoms with Crippen LogP contribution in [0.3, 0.4) is 0 Å². The van der Waals surface area contributed by atoms with Gasteiger partial charge in [0.15, 0.2) is 6.61 Å². The zero-order chi connectivity index (χ0) is 18.5. The molecule has 0 bridgehead atoms. The third-order valence-electron chi connectivity index (χ3n) is 3.56. The van der Waals surface area contributed by atoms with Crippen LogP contribution in [-0.4, -0.2) is 17.5 Å². The molecule has 0 atom stereocenters. The normalized spacial score (nSPS) is 10.6. The number of thiazole rings is 1. The number of halogens is 2. The van der Waals surface area contributed by atoms with E-state index in [0.29, 0.717) is 17.3 Å². The highest BCUT2D eigenvalue weighted by Gasteiger charge is 2.11. The van der Waals surface area contributed by atoms with Gasteiger partial charge in [-0.05, 0) is 31.2 Å². The lowest BCUT2D eigenvalue weighted by molar-refractivity contribution is -0.123. The Balaban J connectivity index is 1.55. The Morgan fingerprint density at radius 2 is 2.04 bits per heavy atom. The van der Waals surface area contributed by atoms with E-state index in [4.69, 9.17) is 16.3 Å². The van der Waals surface area contributed by atoms with E-state index >= 15 is 0 Å². The quantitative estimate of drug-likeness (QED) is 0.668. The van der Waals surface area contributed by atoms with E-state index in [1.54, 1.807) is 6.07 Å². The second kappa shape index (κ2) is 8.29. The summed E-state index contributed by atoms with van der Waals surface area (Å²) in [5.41, 5.74) is 1.86. The van der Waals surface area contributed by atoms with Gasteiger partial charge in [0.05, 0.1) is 12.2 Å². The van der Waals surface area contributed by atoms with Crippen molar-refractivity contribution >= 4 is 28.8 Å².